The lowest BCUT2D eigenvalue weighted by atomic mass is 10.1. The van der Waals surface area contributed by atoms with Crippen LogP contribution >= 0.6 is 0 Å². The van der Waals surface area contributed by atoms with Crippen molar-refractivity contribution in [1.82, 2.24) is 5.43 Å². The van der Waals surface area contributed by atoms with E-state index in [0.29, 0.717) is 0 Å². The summed E-state index contributed by atoms with van der Waals surface area (Å²) in [5.74, 6) is 0. The molecule has 3 aromatic rings. The van der Waals surface area contributed by atoms with Crippen molar-refractivity contribution in [3.63, 3.8) is 0 Å². The molecular weight excluding hydrogens is 274 g/mol. The van der Waals surface area contributed by atoms with Gasteiger partial charge in [0.1, 0.15) is 0 Å². The standard InChI is InChI=1S/C18H15N3O/c22-18(21-19-13-14-7-2-1-3-8-14)20-17-12-6-10-15-9-4-5-11-16(15)17/h1-13H,(H2,20,21,22)/b19-13-. The van der Waals surface area contributed by atoms with E-state index in [1.54, 1.807) is 6.21 Å². The molecule has 2 amide bonds. The maximum absolute atomic E-state index is 11.9. The highest BCUT2D eigenvalue weighted by Crippen LogP contribution is 2.22. The molecular formula is C18H15N3O. The first-order valence-electron chi connectivity index (χ1n) is 6.96. The van der Waals surface area contributed by atoms with Gasteiger partial charge in [-0.25, -0.2) is 10.2 Å². The van der Waals surface area contributed by atoms with Gasteiger partial charge in [-0.15, -0.1) is 0 Å². The molecule has 0 aliphatic heterocycles. The van der Waals surface area contributed by atoms with Crippen LogP contribution in [-0.2, 0) is 0 Å². The molecule has 0 unspecified atom stereocenters. The van der Waals surface area contributed by atoms with Crippen LogP contribution in [0.1, 0.15) is 5.56 Å². The van der Waals surface area contributed by atoms with Crippen molar-refractivity contribution in [2.45, 2.75) is 0 Å². The maximum Gasteiger partial charge on any atom is 0.339 e. The van der Waals surface area contributed by atoms with Crippen LogP contribution in [0.4, 0.5) is 10.5 Å². The zero-order valence-corrected chi connectivity index (χ0v) is 11.9. The summed E-state index contributed by atoms with van der Waals surface area (Å²) >= 11 is 0. The van der Waals surface area contributed by atoms with E-state index in [4.69, 9.17) is 0 Å². The third-order valence-corrected chi connectivity index (χ3v) is 3.22. The van der Waals surface area contributed by atoms with E-state index in [-0.39, 0.29) is 6.03 Å². The van der Waals surface area contributed by atoms with E-state index in [1.165, 1.54) is 0 Å². The fourth-order valence-electron chi connectivity index (χ4n) is 2.19. The number of hydrogen-bond acceptors (Lipinski definition) is 2. The lowest BCUT2D eigenvalue weighted by Gasteiger charge is -2.07. The summed E-state index contributed by atoms with van der Waals surface area (Å²) in [5.41, 5.74) is 4.14. The summed E-state index contributed by atoms with van der Waals surface area (Å²) in [4.78, 5) is 11.9. The molecule has 3 aromatic carbocycles. The van der Waals surface area contributed by atoms with Gasteiger partial charge < -0.3 is 5.32 Å². The van der Waals surface area contributed by atoms with Crippen molar-refractivity contribution in [3.05, 3.63) is 78.4 Å². The number of fused-ring (bicyclic) bond motifs is 1. The molecule has 4 nitrogen and oxygen atoms in total. The number of hydrogen-bond donors (Lipinski definition) is 2. The van der Waals surface area contributed by atoms with Gasteiger partial charge in [-0.2, -0.15) is 5.10 Å². The number of carbonyl (C=O) groups excluding carboxylic acids is 1. The summed E-state index contributed by atoms with van der Waals surface area (Å²) in [5, 5.41) is 8.81. The molecule has 0 saturated heterocycles. The number of amides is 2. The van der Waals surface area contributed by atoms with Crippen molar-refractivity contribution >= 4 is 28.7 Å². The molecule has 22 heavy (non-hydrogen) atoms. The molecule has 3 rings (SSSR count). The zero-order chi connectivity index (χ0) is 15.2. The largest absolute Gasteiger partial charge is 0.339 e. The Labute approximate surface area is 128 Å². The molecule has 108 valence electrons. The van der Waals surface area contributed by atoms with Crippen LogP contribution in [0.5, 0.6) is 0 Å². The minimum atomic E-state index is -0.372. The smallest absolute Gasteiger partial charge is 0.306 e. The van der Waals surface area contributed by atoms with Crippen LogP contribution in [0, 0.1) is 0 Å². The highest BCUT2D eigenvalue weighted by molar-refractivity contribution is 6.01. The summed E-state index contributed by atoms with van der Waals surface area (Å²) < 4.78 is 0. The van der Waals surface area contributed by atoms with E-state index in [0.717, 1.165) is 22.0 Å². The van der Waals surface area contributed by atoms with Crippen LogP contribution in [-0.4, -0.2) is 12.2 Å². The molecule has 0 fully saturated rings. The fourth-order valence-corrected chi connectivity index (χ4v) is 2.19. The van der Waals surface area contributed by atoms with Gasteiger partial charge >= 0.3 is 6.03 Å². The minimum absolute atomic E-state index is 0.372. The number of urea groups is 1. The van der Waals surface area contributed by atoms with E-state index in [1.807, 2.05) is 72.8 Å². The van der Waals surface area contributed by atoms with Crippen molar-refractivity contribution in [3.8, 4) is 0 Å². The van der Waals surface area contributed by atoms with Gasteiger partial charge in [0, 0.05) is 5.39 Å². The molecule has 0 aliphatic carbocycles. The lowest BCUT2D eigenvalue weighted by molar-refractivity contribution is 0.252. The SMILES string of the molecule is O=C(N/N=C\c1ccccc1)Nc1cccc2ccccc12. The zero-order valence-electron chi connectivity index (χ0n) is 11.9. The third-order valence-electron chi connectivity index (χ3n) is 3.22. The second-order valence-electron chi connectivity index (χ2n) is 4.76. The van der Waals surface area contributed by atoms with Gasteiger partial charge in [0.2, 0.25) is 0 Å². The molecule has 0 bridgehead atoms. The summed E-state index contributed by atoms with van der Waals surface area (Å²) in [6.45, 7) is 0. The number of carbonyl (C=O) groups is 1. The Morgan fingerprint density at radius 2 is 1.59 bits per heavy atom. The van der Waals surface area contributed by atoms with Gasteiger partial charge in [0.25, 0.3) is 0 Å². The number of nitrogens with one attached hydrogen (secondary N) is 2. The van der Waals surface area contributed by atoms with Crippen molar-refractivity contribution in [2.24, 2.45) is 5.10 Å². The monoisotopic (exact) mass is 289 g/mol. The molecule has 2 N–H and O–H groups in total. The second kappa shape index (κ2) is 6.54. The normalized spacial score (nSPS) is 10.7. The number of rotatable bonds is 3. The molecule has 0 heterocycles. The van der Waals surface area contributed by atoms with Crippen molar-refractivity contribution < 1.29 is 4.79 Å². The van der Waals surface area contributed by atoms with Crippen LogP contribution in [0.2, 0.25) is 0 Å². The van der Waals surface area contributed by atoms with E-state index in [2.05, 4.69) is 15.8 Å². The lowest BCUT2D eigenvalue weighted by Crippen LogP contribution is -2.24. The van der Waals surface area contributed by atoms with E-state index in [9.17, 15) is 4.79 Å². The average molecular weight is 289 g/mol. The summed E-state index contributed by atoms with van der Waals surface area (Å²) in [6.07, 6.45) is 1.60. The fraction of sp³-hybridized carbons (Fsp3) is 0. The molecule has 0 aromatic heterocycles. The predicted octanol–water partition coefficient (Wildman–Crippen LogP) is 4.00. The Balaban J connectivity index is 1.67. The Morgan fingerprint density at radius 1 is 0.864 bits per heavy atom. The highest BCUT2D eigenvalue weighted by atomic mass is 16.2. The first-order chi connectivity index (χ1) is 10.8. The van der Waals surface area contributed by atoms with Crippen LogP contribution < -0.4 is 10.7 Å². The molecule has 0 saturated carbocycles. The van der Waals surface area contributed by atoms with Gasteiger partial charge in [-0.05, 0) is 17.0 Å². The number of hydrazone groups is 1. The van der Waals surface area contributed by atoms with Gasteiger partial charge in [-0.3, -0.25) is 0 Å². The minimum Gasteiger partial charge on any atom is -0.306 e. The number of anilines is 1. The van der Waals surface area contributed by atoms with Gasteiger partial charge in [0.05, 0.1) is 11.9 Å². The highest BCUT2D eigenvalue weighted by Gasteiger charge is 2.03. The van der Waals surface area contributed by atoms with Crippen molar-refractivity contribution in [1.29, 1.82) is 0 Å². The maximum atomic E-state index is 11.9. The van der Waals surface area contributed by atoms with E-state index >= 15 is 0 Å². The summed E-state index contributed by atoms with van der Waals surface area (Å²) in [7, 11) is 0. The van der Waals surface area contributed by atoms with E-state index < -0.39 is 0 Å². The topological polar surface area (TPSA) is 53.5 Å². The second-order valence-corrected chi connectivity index (χ2v) is 4.76. The molecule has 4 heteroatoms. The Hall–Kier alpha value is -3.14. The molecule has 0 radical (unpaired) electrons. The first-order valence-corrected chi connectivity index (χ1v) is 6.96. The molecule has 0 aliphatic rings. The Morgan fingerprint density at radius 3 is 2.45 bits per heavy atom. The Bertz CT molecular complexity index is 807. The average Bonchev–Trinajstić information content (AvgIpc) is 2.56. The predicted molar refractivity (Wildman–Crippen MR) is 90.1 cm³/mol. The van der Waals surface area contributed by atoms with Crippen LogP contribution in [0.25, 0.3) is 10.8 Å². The van der Waals surface area contributed by atoms with Gasteiger partial charge in [-0.1, -0.05) is 66.7 Å². The number of benzene rings is 3. The van der Waals surface area contributed by atoms with Crippen LogP contribution in [0.15, 0.2) is 77.9 Å². The third kappa shape index (κ3) is 3.30. The number of nitrogens with zero attached hydrogens (tertiary/aromatic N) is 1. The molecule has 0 spiro atoms. The first kappa shape index (κ1) is 13.8. The Kier molecular flexibility index (Phi) is 4.11. The van der Waals surface area contributed by atoms with Crippen molar-refractivity contribution in [2.75, 3.05) is 5.32 Å². The quantitative estimate of drug-likeness (QED) is 0.556. The van der Waals surface area contributed by atoms with Gasteiger partial charge in [0.15, 0.2) is 0 Å². The molecule has 0 atom stereocenters. The van der Waals surface area contributed by atoms with Crippen LogP contribution in [0.3, 0.4) is 0 Å². The summed E-state index contributed by atoms with van der Waals surface area (Å²) in [6, 6.07) is 22.9.